The number of aromatic carboxylic acids is 3. The average molecular weight is 582 g/mol. The molecule has 4 N–H and O–H groups in total. The van der Waals surface area contributed by atoms with Gasteiger partial charge in [-0.2, -0.15) is 0 Å². The molecule has 1 aliphatic heterocycles. The van der Waals surface area contributed by atoms with Crippen LogP contribution in [-0.4, -0.2) is 68.7 Å². The van der Waals surface area contributed by atoms with Crippen LogP contribution in [0.15, 0.2) is 83.1 Å². The molecule has 4 aromatic rings. The minimum absolute atomic E-state index is 0.0461. The molecule has 0 fully saturated rings. The molecule has 13 nitrogen and oxygen atoms in total. The molecule has 1 aliphatic rings. The van der Waals surface area contributed by atoms with Crippen molar-refractivity contribution in [1.82, 2.24) is 9.78 Å². The molecule has 0 saturated heterocycles. The molecule has 1 aromatic heterocycles. The summed E-state index contributed by atoms with van der Waals surface area (Å²) in [6.45, 7) is 3.96. The number of nitrogens with zero attached hydrogens (tertiary/aromatic N) is 4. The van der Waals surface area contributed by atoms with Crippen LogP contribution < -0.4 is 15.4 Å². The number of carbonyl (C=O) groups is 4. The van der Waals surface area contributed by atoms with Crippen molar-refractivity contribution in [2.24, 2.45) is 4.99 Å². The fourth-order valence-corrected chi connectivity index (χ4v) is 4.58. The third-order valence-electron chi connectivity index (χ3n) is 6.72. The predicted octanol–water partition coefficient (Wildman–Crippen LogP) is 3.79. The van der Waals surface area contributed by atoms with Crippen molar-refractivity contribution in [3.8, 4) is 5.69 Å². The average Bonchev–Trinajstić information content (AvgIpc) is 3.32. The first-order valence-electron chi connectivity index (χ1n) is 12.6. The maximum atomic E-state index is 14.1. The number of aliphatic imine (C=N–C) groups is 1. The fourth-order valence-electron chi connectivity index (χ4n) is 4.58. The molecule has 1 amide bonds. The number of carboxylic acid groups (broad SMARTS) is 3. The summed E-state index contributed by atoms with van der Waals surface area (Å²) >= 11 is 0. The molecule has 216 valence electrons. The molecule has 0 atom stereocenters. The molecule has 0 saturated carbocycles. The molecule has 0 aliphatic carbocycles. The van der Waals surface area contributed by atoms with Gasteiger partial charge in [-0.3, -0.25) is 19.6 Å². The summed E-state index contributed by atoms with van der Waals surface area (Å²) in [5, 5.41) is 31.5. The van der Waals surface area contributed by atoms with Gasteiger partial charge in [0.1, 0.15) is 11.5 Å². The Morgan fingerprint density at radius 3 is 1.95 bits per heavy atom. The summed E-state index contributed by atoms with van der Waals surface area (Å²) in [6.07, 6.45) is 0. The van der Waals surface area contributed by atoms with Crippen LogP contribution in [0.5, 0.6) is 0 Å². The topological polar surface area (TPSA) is 186 Å². The highest BCUT2D eigenvalue weighted by Gasteiger charge is 2.39. The van der Waals surface area contributed by atoms with Crippen LogP contribution in [0.1, 0.15) is 36.6 Å². The Balaban J connectivity index is 1.77. The number of aromatic amines is 1. The molecule has 3 aromatic carbocycles. The van der Waals surface area contributed by atoms with Crippen molar-refractivity contribution >= 4 is 58.0 Å². The lowest BCUT2D eigenvalue weighted by molar-refractivity contribution is -0.111. The Hall–Kier alpha value is -6.24. The number of H-pyrrole nitrogens is 1. The van der Waals surface area contributed by atoms with Gasteiger partial charge in [-0.15, -0.1) is 0 Å². The fraction of sp³-hybridized carbons (Fsp3) is 0.0667. The predicted molar refractivity (Wildman–Crippen MR) is 158 cm³/mol. The maximum absolute atomic E-state index is 14.1. The lowest BCUT2D eigenvalue weighted by Gasteiger charge is -2.28. The molecule has 2 heterocycles. The first kappa shape index (κ1) is 28.3. The van der Waals surface area contributed by atoms with Crippen molar-refractivity contribution in [3.05, 3.63) is 106 Å². The second-order valence-electron chi connectivity index (χ2n) is 9.70. The Labute approximate surface area is 242 Å². The molecule has 13 heteroatoms. The summed E-state index contributed by atoms with van der Waals surface area (Å²) in [5.74, 6) is -5.06. The highest BCUT2D eigenvalue weighted by Crippen LogP contribution is 2.37. The van der Waals surface area contributed by atoms with Crippen molar-refractivity contribution in [1.29, 1.82) is 0 Å². The van der Waals surface area contributed by atoms with Crippen LogP contribution in [-0.2, 0) is 4.79 Å². The number of carbonyl (C=O) groups excluding carboxylic acids is 1. The minimum atomic E-state index is -1.44. The Bertz CT molecular complexity index is 1920. The lowest BCUT2D eigenvalue weighted by atomic mass is 9.97. The normalized spacial score (nSPS) is 13.6. The number of aromatic nitrogens is 2. The van der Waals surface area contributed by atoms with E-state index in [1.807, 2.05) is 19.0 Å². The van der Waals surface area contributed by atoms with Gasteiger partial charge in [-0.25, -0.2) is 24.1 Å². The van der Waals surface area contributed by atoms with E-state index < -0.39 is 40.5 Å². The van der Waals surface area contributed by atoms with Gasteiger partial charge < -0.3 is 20.2 Å². The van der Waals surface area contributed by atoms with E-state index in [-0.39, 0.29) is 39.6 Å². The van der Waals surface area contributed by atoms with E-state index in [0.29, 0.717) is 5.69 Å². The van der Waals surface area contributed by atoms with Gasteiger partial charge in [0.2, 0.25) is 0 Å². The summed E-state index contributed by atoms with van der Waals surface area (Å²) in [4.78, 5) is 70.4. The van der Waals surface area contributed by atoms with Crippen LogP contribution in [0.3, 0.4) is 0 Å². The lowest BCUT2D eigenvalue weighted by Crippen LogP contribution is -2.39. The maximum Gasteiger partial charge on any atom is 0.335 e. The summed E-state index contributed by atoms with van der Waals surface area (Å²) in [7, 11) is 3.71. The number of benzene rings is 3. The van der Waals surface area contributed by atoms with Gasteiger partial charge in [0.15, 0.2) is 0 Å². The minimum Gasteiger partial charge on any atom is -0.478 e. The van der Waals surface area contributed by atoms with Crippen LogP contribution >= 0.6 is 0 Å². The van der Waals surface area contributed by atoms with Gasteiger partial charge in [0.05, 0.1) is 39.3 Å². The number of anilines is 3. The number of nitrogens with one attached hydrogen (secondary N) is 1. The highest BCUT2D eigenvalue weighted by atomic mass is 16.4. The zero-order chi connectivity index (χ0) is 31.2. The van der Waals surface area contributed by atoms with Gasteiger partial charge in [0, 0.05) is 25.4 Å². The van der Waals surface area contributed by atoms with Crippen molar-refractivity contribution in [2.45, 2.75) is 0 Å². The molecule has 0 bridgehead atoms. The first-order chi connectivity index (χ1) is 20.4. The number of rotatable bonds is 7. The standard InChI is InChI=1S/C30H23N5O8/c1-15-23-25(32-35(26(23)36)21-6-4-5-16(12-21)28(38)39)34(22-13-17(29(40)41)11-18(14-22)30(42)43)27(37)24(15)31-19-7-9-20(10-8-19)33(2)3/h4-14,32H,1H2,2-3H3,(H,38,39)(H,40,41)(H,42,43). The van der Waals surface area contributed by atoms with Crippen molar-refractivity contribution in [2.75, 3.05) is 23.9 Å². The zero-order valence-electron chi connectivity index (χ0n) is 22.7. The smallest absolute Gasteiger partial charge is 0.335 e. The largest absolute Gasteiger partial charge is 0.478 e. The summed E-state index contributed by atoms with van der Waals surface area (Å²) in [6, 6.07) is 15.5. The van der Waals surface area contributed by atoms with E-state index in [1.54, 1.807) is 24.3 Å². The van der Waals surface area contributed by atoms with E-state index in [1.165, 1.54) is 24.3 Å². The van der Waals surface area contributed by atoms with Crippen LogP contribution in [0.2, 0.25) is 0 Å². The number of hydrogen-bond donors (Lipinski definition) is 4. The van der Waals surface area contributed by atoms with Crippen LogP contribution in [0, 0.1) is 0 Å². The third kappa shape index (κ3) is 5.06. The second kappa shape index (κ2) is 10.6. The SMILES string of the molecule is C=C1C(=Nc2ccc(N(C)C)cc2)C(=O)N(c2cc(C(=O)O)cc(C(=O)O)c2)c2[nH]n(-c3cccc(C(=O)O)c3)c(=O)c21. The van der Waals surface area contributed by atoms with Gasteiger partial charge >= 0.3 is 17.9 Å². The summed E-state index contributed by atoms with van der Waals surface area (Å²) < 4.78 is 1.01. The number of amides is 1. The molecule has 5 rings (SSSR count). The van der Waals surface area contributed by atoms with Gasteiger partial charge in [-0.05, 0) is 60.7 Å². The van der Waals surface area contributed by atoms with Gasteiger partial charge in [-0.1, -0.05) is 12.6 Å². The first-order valence-corrected chi connectivity index (χ1v) is 12.6. The zero-order valence-corrected chi connectivity index (χ0v) is 22.7. The van der Waals surface area contributed by atoms with E-state index >= 15 is 0 Å². The highest BCUT2D eigenvalue weighted by molar-refractivity contribution is 6.61. The van der Waals surface area contributed by atoms with Gasteiger partial charge in [0.25, 0.3) is 11.5 Å². The van der Waals surface area contributed by atoms with Crippen molar-refractivity contribution in [3.63, 3.8) is 0 Å². The number of hydrogen-bond acceptors (Lipinski definition) is 7. The number of fused-ring (bicyclic) bond motifs is 1. The molecular weight excluding hydrogens is 558 g/mol. The monoisotopic (exact) mass is 581 g/mol. The van der Waals surface area contributed by atoms with E-state index in [9.17, 15) is 39.3 Å². The Morgan fingerprint density at radius 1 is 0.814 bits per heavy atom. The van der Waals surface area contributed by atoms with Crippen molar-refractivity contribution < 1.29 is 34.5 Å². The number of carboxylic acids is 3. The third-order valence-corrected chi connectivity index (χ3v) is 6.72. The molecule has 0 spiro atoms. The molecule has 0 unspecified atom stereocenters. The quantitative estimate of drug-likeness (QED) is 0.252. The van der Waals surface area contributed by atoms with E-state index in [2.05, 4.69) is 16.7 Å². The molecular formula is C30H23N5O8. The Kier molecular flexibility index (Phi) is 6.99. The van der Waals surface area contributed by atoms with Crippen LogP contribution in [0.4, 0.5) is 22.9 Å². The molecule has 0 radical (unpaired) electrons. The Morgan fingerprint density at radius 2 is 1.40 bits per heavy atom. The van der Waals surface area contributed by atoms with Crippen LogP contribution in [0.25, 0.3) is 11.3 Å². The molecule has 43 heavy (non-hydrogen) atoms. The van der Waals surface area contributed by atoms with E-state index in [4.69, 9.17) is 0 Å². The second-order valence-corrected chi connectivity index (χ2v) is 9.70. The van der Waals surface area contributed by atoms with E-state index in [0.717, 1.165) is 33.5 Å². The summed E-state index contributed by atoms with van der Waals surface area (Å²) in [5.41, 5.74) is -0.857.